The maximum absolute atomic E-state index is 14.5. The summed E-state index contributed by atoms with van der Waals surface area (Å²) in [6.07, 6.45) is -2.70. The van der Waals surface area contributed by atoms with Gasteiger partial charge < -0.3 is 9.47 Å². The predicted molar refractivity (Wildman–Crippen MR) is 188 cm³/mol. The van der Waals surface area contributed by atoms with Crippen LogP contribution in [0.4, 0.5) is 4.79 Å². The van der Waals surface area contributed by atoms with Crippen molar-refractivity contribution in [2.75, 3.05) is 0 Å². The number of aromatic nitrogens is 6. The Morgan fingerprint density at radius 1 is 0.460 bits per heavy atom. The number of rotatable bonds is 6. The van der Waals surface area contributed by atoms with E-state index in [1.54, 1.807) is 9.36 Å². The highest BCUT2D eigenvalue weighted by Gasteiger charge is 2.42. The molecule has 240 valence electrons. The first kappa shape index (κ1) is 28.4. The minimum absolute atomic E-state index is 0.376. The van der Waals surface area contributed by atoms with Crippen molar-refractivity contribution in [1.82, 2.24) is 30.0 Å². The Balaban J connectivity index is 1.11. The quantitative estimate of drug-likeness (QED) is 0.166. The van der Waals surface area contributed by atoms with Crippen LogP contribution in [0.5, 0.6) is 0 Å². The van der Waals surface area contributed by atoms with Crippen molar-refractivity contribution in [3.05, 3.63) is 168 Å². The van der Waals surface area contributed by atoms with E-state index in [0.29, 0.717) is 11.0 Å². The Morgan fingerprint density at radius 2 is 0.780 bits per heavy atom. The molecule has 2 heterocycles. The lowest BCUT2D eigenvalue weighted by Crippen LogP contribution is -2.29. The molecule has 0 amide bonds. The van der Waals surface area contributed by atoms with Crippen LogP contribution in [0.3, 0.4) is 0 Å². The smallest absolute Gasteiger partial charge is 0.407 e. The molecule has 9 heteroatoms. The molecule has 2 aromatic heterocycles. The average molecular weight is 653 g/mol. The molecule has 0 aliphatic heterocycles. The Morgan fingerprint density at radius 3 is 1.16 bits per heavy atom. The minimum atomic E-state index is -0.920. The maximum Gasteiger partial charge on any atom is 0.512 e. The van der Waals surface area contributed by atoms with Gasteiger partial charge in [-0.2, -0.15) is 0 Å². The molecule has 2 aliphatic carbocycles. The van der Waals surface area contributed by atoms with Crippen molar-refractivity contribution >= 4 is 28.2 Å². The van der Waals surface area contributed by atoms with Gasteiger partial charge in [-0.15, -0.1) is 10.2 Å². The molecule has 9 nitrogen and oxygen atoms in total. The lowest BCUT2D eigenvalue weighted by molar-refractivity contribution is -0.0555. The second-order valence-corrected chi connectivity index (χ2v) is 12.6. The lowest BCUT2D eigenvalue weighted by atomic mass is 9.94. The molecule has 6 aromatic carbocycles. The average Bonchev–Trinajstić information content (AvgIpc) is 3.94. The third-order valence-corrected chi connectivity index (χ3v) is 10.0. The Labute approximate surface area is 286 Å². The van der Waals surface area contributed by atoms with Gasteiger partial charge in [0, 0.05) is 0 Å². The zero-order chi connectivity index (χ0) is 33.2. The molecule has 2 aliphatic rings. The van der Waals surface area contributed by atoms with E-state index in [9.17, 15) is 4.79 Å². The largest absolute Gasteiger partial charge is 0.512 e. The van der Waals surface area contributed by atoms with Crippen LogP contribution in [-0.4, -0.2) is 36.1 Å². The van der Waals surface area contributed by atoms with Gasteiger partial charge in [-0.3, -0.25) is 0 Å². The van der Waals surface area contributed by atoms with Gasteiger partial charge in [0.25, 0.3) is 0 Å². The van der Waals surface area contributed by atoms with Crippen molar-refractivity contribution in [1.29, 1.82) is 0 Å². The van der Waals surface area contributed by atoms with Gasteiger partial charge in [0.05, 0.1) is 22.9 Å². The topological polar surface area (TPSA) is 97.0 Å². The van der Waals surface area contributed by atoms with Gasteiger partial charge in [-0.25, -0.2) is 14.2 Å². The summed E-state index contributed by atoms with van der Waals surface area (Å²) in [7, 11) is 0. The van der Waals surface area contributed by atoms with E-state index in [-0.39, 0.29) is 11.8 Å². The van der Waals surface area contributed by atoms with Crippen LogP contribution in [0.1, 0.15) is 46.5 Å². The fraction of sp³-hybridized carbons (Fsp3) is 0.0976. The first-order valence-electron chi connectivity index (χ1n) is 16.6. The van der Waals surface area contributed by atoms with E-state index < -0.39 is 18.6 Å². The molecule has 0 radical (unpaired) electrons. The van der Waals surface area contributed by atoms with Gasteiger partial charge in [-0.1, -0.05) is 132 Å². The number of hydrogen-bond acceptors (Lipinski definition) is 7. The Kier molecular flexibility index (Phi) is 6.38. The highest BCUT2D eigenvalue weighted by atomic mass is 16.7. The fourth-order valence-electron chi connectivity index (χ4n) is 7.90. The van der Waals surface area contributed by atoms with Gasteiger partial charge in [0.2, 0.25) is 12.5 Å². The molecular weight excluding hydrogens is 624 g/mol. The van der Waals surface area contributed by atoms with E-state index in [2.05, 4.69) is 69.2 Å². The normalized spacial score (nSPS) is 14.6. The molecule has 2 unspecified atom stereocenters. The van der Waals surface area contributed by atoms with Gasteiger partial charge in [0.15, 0.2) is 0 Å². The minimum Gasteiger partial charge on any atom is -0.407 e. The summed E-state index contributed by atoms with van der Waals surface area (Å²) in [5.41, 5.74) is 11.3. The number of para-hydroxylation sites is 2. The van der Waals surface area contributed by atoms with Gasteiger partial charge in [0.1, 0.15) is 11.0 Å². The molecule has 0 saturated heterocycles. The molecule has 2 atom stereocenters. The number of carbonyl (C=O) groups excluding carboxylic acids is 1. The van der Waals surface area contributed by atoms with Crippen molar-refractivity contribution in [2.45, 2.75) is 24.3 Å². The van der Waals surface area contributed by atoms with Crippen molar-refractivity contribution < 1.29 is 14.3 Å². The molecule has 0 bridgehead atoms. The van der Waals surface area contributed by atoms with Gasteiger partial charge >= 0.3 is 6.16 Å². The van der Waals surface area contributed by atoms with Crippen molar-refractivity contribution in [3.63, 3.8) is 0 Å². The van der Waals surface area contributed by atoms with E-state index in [4.69, 9.17) is 9.47 Å². The summed E-state index contributed by atoms with van der Waals surface area (Å²) >= 11 is 0. The first-order valence-corrected chi connectivity index (χ1v) is 16.6. The molecule has 50 heavy (non-hydrogen) atoms. The van der Waals surface area contributed by atoms with Crippen LogP contribution >= 0.6 is 0 Å². The first-order chi connectivity index (χ1) is 24.7. The lowest BCUT2D eigenvalue weighted by Gasteiger charge is -2.29. The number of ether oxygens (including phenoxy) is 2. The summed E-state index contributed by atoms with van der Waals surface area (Å²) in [5, 5.41) is 18.0. The summed E-state index contributed by atoms with van der Waals surface area (Å²) in [6, 6.07) is 48.2. The predicted octanol–water partition coefficient (Wildman–Crippen LogP) is 8.65. The number of benzene rings is 6. The molecule has 0 N–H and O–H groups in total. The van der Waals surface area contributed by atoms with Crippen LogP contribution in [0, 0.1) is 0 Å². The van der Waals surface area contributed by atoms with Crippen LogP contribution in [0.15, 0.2) is 146 Å². The highest BCUT2D eigenvalue weighted by molar-refractivity contribution is 5.81. The van der Waals surface area contributed by atoms with E-state index in [1.807, 2.05) is 97.1 Å². The third-order valence-electron chi connectivity index (χ3n) is 10.0. The standard InChI is InChI=1S/C41H28N6O3/c48-41(49-39(46-35-23-11-9-21-33(35)42-44-46)37-29-17-5-1-13-25(29)26-14-2-6-18-30(26)37)50-40(47-36-24-12-10-22-34(36)43-45-47)38-31-19-7-3-15-27(31)28-16-4-8-20-32(28)38/h1-24,37-40H. The Hall–Kier alpha value is -6.61. The maximum atomic E-state index is 14.5. The van der Waals surface area contributed by atoms with Crippen molar-refractivity contribution in [3.8, 4) is 22.3 Å². The zero-order valence-corrected chi connectivity index (χ0v) is 26.6. The summed E-state index contributed by atoms with van der Waals surface area (Å²) < 4.78 is 16.4. The number of hydrogen-bond donors (Lipinski definition) is 0. The summed E-state index contributed by atoms with van der Waals surface area (Å²) in [6.45, 7) is 0. The fourth-order valence-corrected chi connectivity index (χ4v) is 7.90. The van der Waals surface area contributed by atoms with Gasteiger partial charge in [-0.05, 0) is 68.8 Å². The second-order valence-electron chi connectivity index (χ2n) is 12.6. The summed E-state index contributed by atoms with van der Waals surface area (Å²) in [5.74, 6) is -0.753. The monoisotopic (exact) mass is 652 g/mol. The summed E-state index contributed by atoms with van der Waals surface area (Å²) in [4.78, 5) is 14.5. The van der Waals surface area contributed by atoms with E-state index in [1.165, 1.54) is 0 Å². The van der Waals surface area contributed by atoms with Crippen LogP contribution in [0.25, 0.3) is 44.3 Å². The molecule has 0 fully saturated rings. The second kappa shape index (κ2) is 11.2. The molecule has 0 spiro atoms. The van der Waals surface area contributed by atoms with Crippen molar-refractivity contribution in [2.24, 2.45) is 0 Å². The highest BCUT2D eigenvalue weighted by Crippen LogP contribution is 2.52. The molecular formula is C41H28N6O3. The third kappa shape index (κ3) is 4.29. The van der Waals surface area contributed by atoms with E-state index in [0.717, 1.165) is 55.5 Å². The zero-order valence-electron chi connectivity index (χ0n) is 26.6. The van der Waals surface area contributed by atoms with Crippen LogP contribution in [-0.2, 0) is 9.47 Å². The Bertz CT molecular complexity index is 2320. The van der Waals surface area contributed by atoms with Crippen LogP contribution < -0.4 is 0 Å². The SMILES string of the molecule is O=C(OC(C1c2ccccc2-c2ccccc21)n1nnc2ccccc21)OC(C1c2ccccc2-c2ccccc21)n1nnc2ccccc21. The molecule has 8 aromatic rings. The van der Waals surface area contributed by atoms with Crippen LogP contribution in [0.2, 0.25) is 0 Å². The van der Waals surface area contributed by atoms with E-state index >= 15 is 0 Å². The number of fused-ring (bicyclic) bond motifs is 8. The number of carbonyl (C=O) groups is 1. The molecule has 0 saturated carbocycles. The molecule has 10 rings (SSSR count). The number of nitrogens with zero attached hydrogens (tertiary/aromatic N) is 6.